The van der Waals surface area contributed by atoms with E-state index in [1.807, 2.05) is 6.07 Å². The highest BCUT2D eigenvalue weighted by Gasteiger charge is 2.33. The molecular weight excluding hydrogens is 280 g/mol. The highest BCUT2D eigenvalue weighted by Crippen LogP contribution is 2.31. The van der Waals surface area contributed by atoms with Crippen molar-refractivity contribution in [1.82, 2.24) is 15.1 Å². The Balaban J connectivity index is 1.30. The van der Waals surface area contributed by atoms with Crippen LogP contribution in [-0.4, -0.2) is 46.7 Å². The smallest absolute Gasteiger partial charge is 0.228 e. The van der Waals surface area contributed by atoms with E-state index in [1.165, 1.54) is 12.8 Å². The summed E-state index contributed by atoms with van der Waals surface area (Å²) in [5.74, 6) is 0.860. The van der Waals surface area contributed by atoms with Crippen LogP contribution in [0.2, 0.25) is 0 Å². The number of piperidine rings is 1. The summed E-state index contributed by atoms with van der Waals surface area (Å²) in [7, 11) is 0. The maximum absolute atomic E-state index is 12.4. The number of ether oxygens (including phenoxy) is 1. The molecule has 1 atom stereocenters. The Morgan fingerprint density at radius 3 is 2.77 bits per heavy atom. The minimum absolute atomic E-state index is 0.111. The summed E-state index contributed by atoms with van der Waals surface area (Å²) in [5.41, 5.74) is 0.969. The van der Waals surface area contributed by atoms with Gasteiger partial charge < -0.3 is 15.0 Å². The number of hydrogen-bond acceptors (Lipinski definition) is 4. The van der Waals surface area contributed by atoms with Gasteiger partial charge in [-0.15, -0.1) is 0 Å². The summed E-state index contributed by atoms with van der Waals surface area (Å²) >= 11 is 0. The van der Waals surface area contributed by atoms with Crippen LogP contribution in [0.5, 0.6) is 0 Å². The van der Waals surface area contributed by atoms with Crippen LogP contribution in [-0.2, 0) is 9.53 Å². The first kappa shape index (κ1) is 14.2. The Bertz CT molecular complexity index is 526. The van der Waals surface area contributed by atoms with Crippen LogP contribution in [0.25, 0.3) is 0 Å². The summed E-state index contributed by atoms with van der Waals surface area (Å²) < 4.78 is 5.62. The largest absolute Gasteiger partial charge is 0.372 e. The molecule has 3 aliphatic rings. The molecule has 0 radical (unpaired) electrons. The molecule has 0 aromatic carbocycles. The second kappa shape index (κ2) is 6.01. The lowest BCUT2D eigenvalue weighted by molar-refractivity contribution is -0.121. The third-order valence-electron chi connectivity index (χ3n) is 5.09. The van der Waals surface area contributed by atoms with Crippen molar-refractivity contribution in [3.63, 3.8) is 0 Å². The lowest BCUT2D eigenvalue weighted by Gasteiger charge is -2.31. The molecule has 0 spiro atoms. The van der Waals surface area contributed by atoms with Crippen molar-refractivity contribution in [3.05, 3.63) is 11.8 Å². The minimum Gasteiger partial charge on any atom is -0.372 e. The van der Waals surface area contributed by atoms with Crippen LogP contribution in [0.1, 0.15) is 50.3 Å². The lowest BCUT2D eigenvalue weighted by Crippen LogP contribution is -2.39. The van der Waals surface area contributed by atoms with Gasteiger partial charge in [-0.2, -0.15) is 5.10 Å². The molecule has 22 heavy (non-hydrogen) atoms. The Kier molecular flexibility index (Phi) is 3.88. The Labute approximate surface area is 130 Å². The summed E-state index contributed by atoms with van der Waals surface area (Å²) in [6.45, 7) is 2.93. The van der Waals surface area contributed by atoms with Gasteiger partial charge in [0.25, 0.3) is 0 Å². The molecule has 0 unspecified atom stereocenters. The quantitative estimate of drug-likeness (QED) is 0.893. The number of aromatic nitrogens is 2. The number of carbonyl (C=O) groups excluding carboxylic acids is 1. The number of rotatable bonds is 4. The number of nitrogens with one attached hydrogen (secondary N) is 2. The zero-order valence-electron chi connectivity index (χ0n) is 12.9. The van der Waals surface area contributed by atoms with Crippen molar-refractivity contribution < 1.29 is 9.53 Å². The van der Waals surface area contributed by atoms with Crippen molar-refractivity contribution in [2.45, 2.75) is 50.7 Å². The normalized spacial score (nSPS) is 27.2. The maximum atomic E-state index is 12.4. The first-order valence-electron chi connectivity index (χ1n) is 8.51. The second-order valence-corrected chi connectivity index (χ2v) is 6.74. The van der Waals surface area contributed by atoms with Crippen molar-refractivity contribution in [2.75, 3.05) is 25.0 Å². The molecule has 4 rings (SSSR count). The minimum atomic E-state index is 0.111. The van der Waals surface area contributed by atoms with E-state index in [2.05, 4.69) is 20.4 Å². The van der Waals surface area contributed by atoms with Crippen molar-refractivity contribution in [2.24, 2.45) is 5.92 Å². The molecular formula is C16H24N4O2. The van der Waals surface area contributed by atoms with Crippen LogP contribution in [0.3, 0.4) is 0 Å². The average molecular weight is 304 g/mol. The molecule has 120 valence electrons. The van der Waals surface area contributed by atoms with Crippen LogP contribution in [0.15, 0.2) is 6.07 Å². The highest BCUT2D eigenvalue weighted by atomic mass is 16.5. The molecule has 1 aliphatic carbocycles. The number of likely N-dealkylation sites (tertiary alicyclic amines) is 1. The van der Waals surface area contributed by atoms with Crippen LogP contribution in [0, 0.1) is 5.92 Å². The van der Waals surface area contributed by atoms with Gasteiger partial charge in [0.2, 0.25) is 5.91 Å². The molecule has 0 bridgehead atoms. The number of anilines is 1. The topological polar surface area (TPSA) is 70.2 Å². The molecule has 1 saturated carbocycles. The number of carbonyl (C=O) groups is 1. The molecule has 1 aromatic heterocycles. The zero-order chi connectivity index (χ0) is 14.9. The summed E-state index contributed by atoms with van der Waals surface area (Å²) in [4.78, 5) is 14.9. The van der Waals surface area contributed by atoms with Gasteiger partial charge in [-0.05, 0) is 51.6 Å². The Hall–Kier alpha value is -1.40. The zero-order valence-corrected chi connectivity index (χ0v) is 12.9. The fraction of sp³-hybridized carbons (Fsp3) is 0.750. The average Bonchev–Trinajstić information content (AvgIpc) is 3.05. The predicted molar refractivity (Wildman–Crippen MR) is 82.5 cm³/mol. The van der Waals surface area contributed by atoms with E-state index in [0.717, 1.165) is 57.1 Å². The van der Waals surface area contributed by atoms with Crippen molar-refractivity contribution >= 4 is 11.7 Å². The molecule has 2 saturated heterocycles. The summed E-state index contributed by atoms with van der Waals surface area (Å²) in [6, 6.07) is 2.72. The molecule has 6 heteroatoms. The van der Waals surface area contributed by atoms with Crippen molar-refractivity contribution in [1.29, 1.82) is 0 Å². The van der Waals surface area contributed by atoms with E-state index in [4.69, 9.17) is 4.74 Å². The van der Waals surface area contributed by atoms with Crippen LogP contribution in [0.4, 0.5) is 5.82 Å². The van der Waals surface area contributed by atoms with E-state index in [0.29, 0.717) is 5.82 Å². The van der Waals surface area contributed by atoms with Gasteiger partial charge in [-0.1, -0.05) is 0 Å². The molecule has 6 nitrogen and oxygen atoms in total. The number of aromatic amines is 1. The van der Waals surface area contributed by atoms with Crippen LogP contribution >= 0.6 is 0 Å². The number of nitrogens with zero attached hydrogens (tertiary/aromatic N) is 2. The van der Waals surface area contributed by atoms with E-state index < -0.39 is 0 Å². The first-order chi connectivity index (χ1) is 10.8. The number of amides is 1. The SMILES string of the molecule is O=C(Nc1cc([C@H]2CCCO2)[nH]n1)C1CCN(C2CC2)CC1. The Morgan fingerprint density at radius 1 is 1.27 bits per heavy atom. The first-order valence-corrected chi connectivity index (χ1v) is 8.51. The monoisotopic (exact) mass is 304 g/mol. The van der Waals surface area contributed by atoms with Gasteiger partial charge in [-0.25, -0.2) is 0 Å². The standard InChI is InChI=1S/C16H24N4O2/c21-16(11-5-7-20(8-6-11)12-3-4-12)17-15-10-13(18-19-15)14-2-1-9-22-14/h10-12,14H,1-9H2,(H2,17,18,19,21)/t14-/m1/s1. The molecule has 1 aromatic rings. The summed E-state index contributed by atoms with van der Waals surface area (Å²) in [6.07, 6.45) is 6.84. The number of hydrogen-bond donors (Lipinski definition) is 2. The molecule has 3 fully saturated rings. The molecule has 2 N–H and O–H groups in total. The van der Waals surface area contributed by atoms with Gasteiger partial charge in [-0.3, -0.25) is 9.89 Å². The fourth-order valence-corrected chi connectivity index (χ4v) is 3.58. The molecule has 3 heterocycles. The van der Waals surface area contributed by atoms with E-state index in [9.17, 15) is 4.79 Å². The number of H-pyrrole nitrogens is 1. The highest BCUT2D eigenvalue weighted by molar-refractivity contribution is 5.91. The van der Waals surface area contributed by atoms with E-state index >= 15 is 0 Å². The van der Waals surface area contributed by atoms with E-state index in [-0.39, 0.29) is 17.9 Å². The van der Waals surface area contributed by atoms with Gasteiger partial charge in [0.15, 0.2) is 5.82 Å². The van der Waals surface area contributed by atoms with Crippen LogP contribution < -0.4 is 5.32 Å². The lowest BCUT2D eigenvalue weighted by atomic mass is 9.96. The third kappa shape index (κ3) is 3.03. The second-order valence-electron chi connectivity index (χ2n) is 6.74. The fourth-order valence-electron chi connectivity index (χ4n) is 3.58. The van der Waals surface area contributed by atoms with Gasteiger partial charge in [0, 0.05) is 24.6 Å². The van der Waals surface area contributed by atoms with Gasteiger partial charge in [0.05, 0.1) is 11.8 Å². The molecule has 1 amide bonds. The predicted octanol–water partition coefficient (Wildman–Crippen LogP) is 2.07. The van der Waals surface area contributed by atoms with E-state index in [1.54, 1.807) is 0 Å². The molecule has 2 aliphatic heterocycles. The summed E-state index contributed by atoms with van der Waals surface area (Å²) in [5, 5.41) is 10.1. The third-order valence-corrected chi connectivity index (χ3v) is 5.09. The maximum Gasteiger partial charge on any atom is 0.228 e. The van der Waals surface area contributed by atoms with Crippen molar-refractivity contribution in [3.8, 4) is 0 Å². The van der Waals surface area contributed by atoms with Gasteiger partial charge >= 0.3 is 0 Å². The van der Waals surface area contributed by atoms with Gasteiger partial charge in [0.1, 0.15) is 0 Å². The Morgan fingerprint density at radius 2 is 2.09 bits per heavy atom.